The Balaban J connectivity index is 2.17. The van der Waals surface area contributed by atoms with Crippen molar-refractivity contribution in [2.75, 3.05) is 0 Å². The zero-order chi connectivity index (χ0) is 24.8. The number of benzene rings is 2. The van der Waals surface area contributed by atoms with Gasteiger partial charge in [-0.15, -0.1) is 0 Å². The molecule has 1 amide bonds. The van der Waals surface area contributed by atoms with Crippen molar-refractivity contribution in [2.45, 2.75) is 50.9 Å². The highest BCUT2D eigenvalue weighted by atomic mass is 79.9. The molecular formula is C22H22BrF3N2O4S. The van der Waals surface area contributed by atoms with E-state index in [2.05, 4.69) is 21.2 Å². The summed E-state index contributed by atoms with van der Waals surface area (Å²) in [5, 5.41) is 2.53. The number of fused-ring (bicyclic) bond motifs is 1. The number of rotatable bonds is 4. The zero-order valence-corrected chi connectivity index (χ0v) is 20.7. The Morgan fingerprint density at radius 2 is 1.70 bits per heavy atom. The lowest BCUT2D eigenvalue weighted by Crippen LogP contribution is -2.33. The Hall–Kier alpha value is -2.53. The van der Waals surface area contributed by atoms with E-state index in [4.69, 9.17) is 4.74 Å². The third-order valence-electron chi connectivity index (χ3n) is 4.60. The van der Waals surface area contributed by atoms with Gasteiger partial charge in [0, 0.05) is 9.86 Å². The highest BCUT2D eigenvalue weighted by molar-refractivity contribution is 9.10. The van der Waals surface area contributed by atoms with Gasteiger partial charge in [-0.2, -0.15) is 13.2 Å². The first-order chi connectivity index (χ1) is 15.1. The van der Waals surface area contributed by atoms with E-state index < -0.39 is 33.5 Å². The van der Waals surface area contributed by atoms with E-state index in [1.54, 1.807) is 39.8 Å². The third-order valence-corrected chi connectivity index (χ3v) is 7.03. The molecule has 0 atom stereocenters. The number of amides is 1. The number of ether oxygens (including phenoxy) is 1. The van der Waals surface area contributed by atoms with Crippen molar-refractivity contribution in [1.82, 2.24) is 9.29 Å². The number of alkyl carbamates (subject to hydrolysis) is 1. The standard InChI is InChI=1S/C22H22BrF3N2O4S/c1-13-5-7-16(8-6-13)33(30,31)28-15(12-27-20(29)32-21(2,3)4)9-14-10-17(22(24,25)26)18(23)11-19(14)28/h5-11H,12H2,1-4H3,(H,27,29). The van der Waals surface area contributed by atoms with Crippen molar-refractivity contribution in [3.8, 4) is 0 Å². The van der Waals surface area contributed by atoms with Crippen LogP contribution in [0, 0.1) is 6.92 Å². The Kier molecular flexibility index (Phi) is 6.60. The van der Waals surface area contributed by atoms with Crippen molar-refractivity contribution >= 4 is 42.9 Å². The minimum Gasteiger partial charge on any atom is -0.444 e. The Labute approximate surface area is 197 Å². The summed E-state index contributed by atoms with van der Waals surface area (Å²) in [5.74, 6) is 0. The molecule has 0 unspecified atom stereocenters. The smallest absolute Gasteiger partial charge is 0.417 e. The maximum Gasteiger partial charge on any atom is 0.417 e. The molecule has 1 N–H and O–H groups in total. The van der Waals surface area contributed by atoms with E-state index in [1.165, 1.54) is 18.2 Å². The molecule has 0 saturated heterocycles. The fourth-order valence-electron chi connectivity index (χ4n) is 3.18. The minimum absolute atomic E-state index is 0.0384. The summed E-state index contributed by atoms with van der Waals surface area (Å²) in [5.41, 5.74) is -0.765. The fourth-order valence-corrected chi connectivity index (χ4v) is 5.27. The topological polar surface area (TPSA) is 77.4 Å². The van der Waals surface area contributed by atoms with Gasteiger partial charge >= 0.3 is 12.3 Å². The van der Waals surface area contributed by atoms with Crippen LogP contribution in [0.15, 0.2) is 51.8 Å². The van der Waals surface area contributed by atoms with Gasteiger partial charge in [0.2, 0.25) is 0 Å². The van der Waals surface area contributed by atoms with Crippen LogP contribution in [0.3, 0.4) is 0 Å². The van der Waals surface area contributed by atoms with Crippen LogP contribution in [0.25, 0.3) is 10.9 Å². The Bertz CT molecular complexity index is 1310. The van der Waals surface area contributed by atoms with Crippen LogP contribution >= 0.6 is 15.9 Å². The lowest BCUT2D eigenvalue weighted by atomic mass is 10.1. The molecule has 0 aliphatic heterocycles. The van der Waals surface area contributed by atoms with Gasteiger partial charge < -0.3 is 10.1 Å². The number of halogens is 4. The number of hydrogen-bond acceptors (Lipinski definition) is 4. The average Bonchev–Trinajstić information content (AvgIpc) is 3.02. The lowest BCUT2D eigenvalue weighted by molar-refractivity contribution is -0.138. The number of aromatic nitrogens is 1. The largest absolute Gasteiger partial charge is 0.444 e. The quantitative estimate of drug-likeness (QED) is 0.435. The minimum atomic E-state index is -4.64. The lowest BCUT2D eigenvalue weighted by Gasteiger charge is -2.20. The van der Waals surface area contributed by atoms with Crippen LogP contribution in [-0.2, 0) is 27.5 Å². The molecule has 0 spiro atoms. The number of carbonyl (C=O) groups is 1. The number of alkyl halides is 3. The van der Waals surface area contributed by atoms with Crippen LogP contribution in [-0.4, -0.2) is 24.1 Å². The summed E-state index contributed by atoms with van der Waals surface area (Å²) in [6.07, 6.45) is -5.43. The molecule has 0 saturated carbocycles. The van der Waals surface area contributed by atoms with Gasteiger partial charge in [0.1, 0.15) is 5.60 Å². The summed E-state index contributed by atoms with van der Waals surface area (Å²) >= 11 is 2.91. The molecule has 33 heavy (non-hydrogen) atoms. The van der Waals surface area contributed by atoms with E-state index >= 15 is 0 Å². The number of carbonyl (C=O) groups excluding carboxylic acids is 1. The summed E-state index contributed by atoms with van der Waals surface area (Å²) in [6.45, 7) is 6.52. The van der Waals surface area contributed by atoms with Crippen molar-refractivity contribution < 1.29 is 31.1 Å². The summed E-state index contributed by atoms with van der Waals surface area (Å²) < 4.78 is 73.0. The first-order valence-electron chi connectivity index (χ1n) is 9.80. The number of nitrogens with one attached hydrogen (secondary N) is 1. The van der Waals surface area contributed by atoms with E-state index in [1.807, 2.05) is 0 Å². The molecule has 0 aliphatic carbocycles. The van der Waals surface area contributed by atoms with Gasteiger partial charge in [0.05, 0.1) is 28.2 Å². The SMILES string of the molecule is Cc1ccc(S(=O)(=O)n2c(CNC(=O)OC(C)(C)C)cc3cc(C(F)(F)F)c(Br)cc32)cc1. The summed E-state index contributed by atoms with van der Waals surface area (Å²) in [6, 6.07) is 9.36. The molecule has 2 aromatic carbocycles. The van der Waals surface area contributed by atoms with Gasteiger partial charge in [-0.05, 0) is 58.0 Å². The third kappa shape index (κ3) is 5.52. The molecule has 1 aromatic heterocycles. The molecule has 0 fully saturated rings. The number of aryl methyl sites for hydroxylation is 1. The number of nitrogens with zero attached hydrogens (tertiary/aromatic N) is 1. The van der Waals surface area contributed by atoms with Crippen LogP contribution in [0.5, 0.6) is 0 Å². The normalized spacial score (nSPS) is 12.7. The molecule has 1 heterocycles. The maximum atomic E-state index is 13.5. The fraction of sp³-hybridized carbons (Fsp3) is 0.318. The number of hydrogen-bond donors (Lipinski definition) is 1. The average molecular weight is 547 g/mol. The molecule has 0 bridgehead atoms. The summed E-state index contributed by atoms with van der Waals surface area (Å²) in [4.78, 5) is 12.1. The van der Waals surface area contributed by atoms with Gasteiger partial charge in [-0.3, -0.25) is 0 Å². The predicted molar refractivity (Wildman–Crippen MR) is 121 cm³/mol. The van der Waals surface area contributed by atoms with E-state index in [0.717, 1.165) is 21.7 Å². The maximum absolute atomic E-state index is 13.5. The second kappa shape index (κ2) is 8.68. The first-order valence-corrected chi connectivity index (χ1v) is 12.0. The van der Waals surface area contributed by atoms with Gasteiger partial charge in [-0.25, -0.2) is 17.2 Å². The first kappa shape index (κ1) is 25.1. The predicted octanol–water partition coefficient (Wildman–Crippen LogP) is 5.99. The van der Waals surface area contributed by atoms with Crippen LogP contribution in [0.1, 0.15) is 37.6 Å². The van der Waals surface area contributed by atoms with E-state index in [-0.39, 0.29) is 32.5 Å². The van der Waals surface area contributed by atoms with Crippen LogP contribution in [0.4, 0.5) is 18.0 Å². The Morgan fingerprint density at radius 3 is 2.24 bits per heavy atom. The zero-order valence-electron chi connectivity index (χ0n) is 18.2. The van der Waals surface area contributed by atoms with Crippen LogP contribution < -0.4 is 5.32 Å². The van der Waals surface area contributed by atoms with Crippen molar-refractivity contribution in [1.29, 1.82) is 0 Å². The van der Waals surface area contributed by atoms with E-state index in [0.29, 0.717) is 0 Å². The van der Waals surface area contributed by atoms with Gasteiger partial charge in [0.15, 0.2) is 0 Å². The summed E-state index contributed by atoms with van der Waals surface area (Å²) in [7, 11) is -4.20. The van der Waals surface area contributed by atoms with Gasteiger partial charge in [-0.1, -0.05) is 33.6 Å². The van der Waals surface area contributed by atoms with Crippen molar-refractivity contribution in [2.24, 2.45) is 0 Å². The molecule has 0 aliphatic rings. The second-order valence-corrected chi connectivity index (χ2v) is 11.1. The molecular weight excluding hydrogens is 525 g/mol. The molecule has 0 radical (unpaired) electrons. The van der Waals surface area contributed by atoms with Gasteiger partial charge in [0.25, 0.3) is 10.0 Å². The Morgan fingerprint density at radius 1 is 1.09 bits per heavy atom. The molecule has 6 nitrogen and oxygen atoms in total. The van der Waals surface area contributed by atoms with E-state index in [9.17, 15) is 26.4 Å². The molecule has 11 heteroatoms. The highest BCUT2D eigenvalue weighted by Gasteiger charge is 2.34. The van der Waals surface area contributed by atoms with Crippen molar-refractivity contribution in [3.05, 3.63) is 63.8 Å². The monoisotopic (exact) mass is 546 g/mol. The highest BCUT2D eigenvalue weighted by Crippen LogP contribution is 2.39. The molecule has 178 valence electrons. The second-order valence-electron chi connectivity index (χ2n) is 8.46. The van der Waals surface area contributed by atoms with Crippen LogP contribution in [0.2, 0.25) is 0 Å². The molecule has 3 rings (SSSR count). The van der Waals surface area contributed by atoms with Crippen molar-refractivity contribution in [3.63, 3.8) is 0 Å². The molecule has 3 aromatic rings.